The van der Waals surface area contributed by atoms with Crippen molar-refractivity contribution in [2.45, 2.75) is 18.8 Å². The molecule has 1 aliphatic rings. The molecule has 0 amide bonds. The summed E-state index contributed by atoms with van der Waals surface area (Å²) in [5.74, 6) is 0. The smallest absolute Gasteiger partial charge is 0.314 e. The molecular formula is C17H18F3N3. The lowest BCUT2D eigenvalue weighted by atomic mass is 10.0. The van der Waals surface area contributed by atoms with Crippen LogP contribution < -0.4 is 5.32 Å². The summed E-state index contributed by atoms with van der Waals surface area (Å²) in [6.07, 6.45) is -3.06. The number of halogens is 3. The summed E-state index contributed by atoms with van der Waals surface area (Å²) in [5.41, 5.74) is 1.15. The summed E-state index contributed by atoms with van der Waals surface area (Å²) in [6.45, 7) is 3.14. The van der Waals surface area contributed by atoms with Crippen LogP contribution in [0.3, 0.4) is 0 Å². The van der Waals surface area contributed by atoms with Crippen LogP contribution in [0.5, 0.6) is 0 Å². The van der Waals surface area contributed by atoms with Gasteiger partial charge in [-0.2, -0.15) is 13.2 Å². The van der Waals surface area contributed by atoms with Gasteiger partial charge in [-0.15, -0.1) is 0 Å². The molecule has 2 aromatic rings. The van der Waals surface area contributed by atoms with Gasteiger partial charge in [0.15, 0.2) is 0 Å². The predicted molar refractivity (Wildman–Crippen MR) is 81.7 cm³/mol. The molecule has 1 unspecified atom stereocenters. The zero-order chi connectivity index (χ0) is 16.3. The number of piperazine rings is 1. The highest BCUT2D eigenvalue weighted by Gasteiger charge is 2.32. The first-order chi connectivity index (χ1) is 11.0. The largest absolute Gasteiger partial charge is 0.433 e. The molecule has 23 heavy (non-hydrogen) atoms. The highest BCUT2D eigenvalue weighted by Crippen LogP contribution is 2.28. The Morgan fingerprint density at radius 3 is 2.57 bits per heavy atom. The van der Waals surface area contributed by atoms with Gasteiger partial charge in [0, 0.05) is 38.4 Å². The molecule has 0 spiro atoms. The number of hydrogen-bond acceptors (Lipinski definition) is 3. The molecule has 0 radical (unpaired) electrons. The lowest BCUT2D eigenvalue weighted by Crippen LogP contribution is -2.45. The SMILES string of the molecule is FC(F)(F)c1ccc(CN2CCNCC2c2ccccc2)cn1. The molecule has 1 aromatic carbocycles. The van der Waals surface area contributed by atoms with E-state index in [9.17, 15) is 13.2 Å². The molecule has 0 saturated carbocycles. The molecule has 6 heteroatoms. The van der Waals surface area contributed by atoms with E-state index < -0.39 is 11.9 Å². The van der Waals surface area contributed by atoms with Crippen molar-refractivity contribution in [1.82, 2.24) is 15.2 Å². The lowest BCUT2D eigenvalue weighted by molar-refractivity contribution is -0.141. The van der Waals surface area contributed by atoms with Gasteiger partial charge in [0.2, 0.25) is 0 Å². The van der Waals surface area contributed by atoms with E-state index >= 15 is 0 Å². The number of aromatic nitrogens is 1. The molecule has 1 N–H and O–H groups in total. The van der Waals surface area contributed by atoms with Crippen molar-refractivity contribution in [2.75, 3.05) is 19.6 Å². The van der Waals surface area contributed by atoms with E-state index in [-0.39, 0.29) is 6.04 Å². The van der Waals surface area contributed by atoms with Gasteiger partial charge in [0.05, 0.1) is 0 Å². The zero-order valence-corrected chi connectivity index (χ0v) is 12.6. The first-order valence-corrected chi connectivity index (χ1v) is 7.56. The van der Waals surface area contributed by atoms with Crippen LogP contribution in [0.25, 0.3) is 0 Å². The fourth-order valence-corrected chi connectivity index (χ4v) is 2.86. The van der Waals surface area contributed by atoms with Crippen molar-refractivity contribution in [2.24, 2.45) is 0 Å². The Morgan fingerprint density at radius 2 is 1.91 bits per heavy atom. The quantitative estimate of drug-likeness (QED) is 0.941. The monoisotopic (exact) mass is 321 g/mol. The highest BCUT2D eigenvalue weighted by molar-refractivity contribution is 5.21. The third kappa shape index (κ3) is 3.89. The van der Waals surface area contributed by atoms with Crippen LogP contribution in [-0.2, 0) is 12.7 Å². The van der Waals surface area contributed by atoms with Gasteiger partial charge in [0.25, 0.3) is 0 Å². The molecule has 1 aromatic heterocycles. The van der Waals surface area contributed by atoms with E-state index in [1.807, 2.05) is 18.2 Å². The molecule has 0 bridgehead atoms. The first-order valence-electron chi connectivity index (χ1n) is 7.56. The molecule has 3 rings (SSSR count). The molecule has 2 heterocycles. The Balaban J connectivity index is 1.75. The maximum absolute atomic E-state index is 12.6. The molecule has 1 atom stereocenters. The summed E-state index contributed by atoms with van der Waals surface area (Å²) in [6, 6.07) is 12.9. The summed E-state index contributed by atoms with van der Waals surface area (Å²) in [5, 5.41) is 3.37. The van der Waals surface area contributed by atoms with Crippen LogP contribution in [0.4, 0.5) is 13.2 Å². The van der Waals surface area contributed by atoms with Crippen LogP contribution in [0.1, 0.15) is 22.9 Å². The van der Waals surface area contributed by atoms with Crippen LogP contribution in [0.2, 0.25) is 0 Å². The van der Waals surface area contributed by atoms with Crippen molar-refractivity contribution in [3.05, 3.63) is 65.5 Å². The number of nitrogens with one attached hydrogen (secondary N) is 1. The van der Waals surface area contributed by atoms with Crippen LogP contribution in [0, 0.1) is 0 Å². The topological polar surface area (TPSA) is 28.2 Å². The van der Waals surface area contributed by atoms with Gasteiger partial charge in [-0.1, -0.05) is 36.4 Å². The van der Waals surface area contributed by atoms with E-state index in [2.05, 4.69) is 27.3 Å². The van der Waals surface area contributed by atoms with Gasteiger partial charge < -0.3 is 5.32 Å². The van der Waals surface area contributed by atoms with Crippen LogP contribution in [0.15, 0.2) is 48.7 Å². The second kappa shape index (κ2) is 6.68. The molecule has 3 nitrogen and oxygen atoms in total. The summed E-state index contributed by atoms with van der Waals surface area (Å²) in [4.78, 5) is 5.82. The van der Waals surface area contributed by atoms with Gasteiger partial charge in [-0.3, -0.25) is 9.88 Å². The molecule has 1 aliphatic heterocycles. The number of hydrogen-bond donors (Lipinski definition) is 1. The van der Waals surface area contributed by atoms with E-state index in [0.717, 1.165) is 31.3 Å². The van der Waals surface area contributed by atoms with Gasteiger partial charge in [0.1, 0.15) is 5.69 Å². The summed E-state index contributed by atoms with van der Waals surface area (Å²) >= 11 is 0. The average molecular weight is 321 g/mol. The van der Waals surface area contributed by atoms with E-state index in [0.29, 0.717) is 6.54 Å². The van der Waals surface area contributed by atoms with Crippen molar-refractivity contribution < 1.29 is 13.2 Å². The first kappa shape index (κ1) is 16.0. The number of rotatable bonds is 3. The Hall–Kier alpha value is -1.92. The number of nitrogens with zero attached hydrogens (tertiary/aromatic N) is 2. The fourth-order valence-electron chi connectivity index (χ4n) is 2.86. The zero-order valence-electron chi connectivity index (χ0n) is 12.6. The third-order valence-electron chi connectivity index (χ3n) is 4.04. The highest BCUT2D eigenvalue weighted by atomic mass is 19.4. The molecule has 1 fully saturated rings. The van der Waals surface area contributed by atoms with Gasteiger partial charge in [-0.05, 0) is 17.2 Å². The van der Waals surface area contributed by atoms with Crippen LogP contribution >= 0.6 is 0 Å². The van der Waals surface area contributed by atoms with Crippen molar-refractivity contribution in [3.8, 4) is 0 Å². The number of alkyl halides is 3. The molecular weight excluding hydrogens is 303 g/mol. The van der Waals surface area contributed by atoms with Gasteiger partial charge in [-0.25, -0.2) is 0 Å². The predicted octanol–water partition coefficient (Wildman–Crippen LogP) is 3.25. The maximum Gasteiger partial charge on any atom is 0.433 e. The normalized spacial score (nSPS) is 19.7. The number of benzene rings is 1. The Labute approximate surface area is 133 Å². The van der Waals surface area contributed by atoms with E-state index in [1.165, 1.54) is 17.8 Å². The fraction of sp³-hybridized carbons (Fsp3) is 0.353. The lowest BCUT2D eigenvalue weighted by Gasteiger charge is -2.36. The maximum atomic E-state index is 12.6. The standard InChI is InChI=1S/C17H18F3N3/c18-17(19,20)16-7-6-13(10-22-16)12-23-9-8-21-11-15(23)14-4-2-1-3-5-14/h1-7,10,15,21H,8-9,11-12H2. The Bertz CT molecular complexity index is 626. The average Bonchev–Trinajstić information content (AvgIpc) is 2.56. The van der Waals surface area contributed by atoms with Crippen molar-refractivity contribution in [1.29, 1.82) is 0 Å². The van der Waals surface area contributed by atoms with Crippen LogP contribution in [-0.4, -0.2) is 29.5 Å². The molecule has 122 valence electrons. The minimum Gasteiger partial charge on any atom is -0.314 e. The van der Waals surface area contributed by atoms with Crippen molar-refractivity contribution in [3.63, 3.8) is 0 Å². The van der Waals surface area contributed by atoms with Gasteiger partial charge >= 0.3 is 6.18 Å². The minimum absolute atomic E-state index is 0.215. The summed E-state index contributed by atoms with van der Waals surface area (Å²) in [7, 11) is 0. The minimum atomic E-state index is -4.39. The Kier molecular flexibility index (Phi) is 4.63. The van der Waals surface area contributed by atoms with E-state index in [1.54, 1.807) is 0 Å². The molecule has 1 saturated heterocycles. The second-order valence-electron chi connectivity index (χ2n) is 5.65. The number of pyridine rings is 1. The second-order valence-corrected chi connectivity index (χ2v) is 5.65. The molecule has 0 aliphatic carbocycles. The summed E-state index contributed by atoms with van der Waals surface area (Å²) < 4.78 is 37.7. The third-order valence-corrected chi connectivity index (χ3v) is 4.04. The Morgan fingerprint density at radius 1 is 1.13 bits per heavy atom. The van der Waals surface area contributed by atoms with E-state index in [4.69, 9.17) is 0 Å². The van der Waals surface area contributed by atoms with Crippen molar-refractivity contribution >= 4 is 0 Å².